The number of rotatable bonds is 3. The van der Waals surface area contributed by atoms with Crippen LogP contribution in [0.1, 0.15) is 133 Å². The SMILES string of the molecule is CC1c2ccccc2-c2ccc(C3=CC=C4C5=CC=C(C6C=C7C(=CC6)C6=CC=C(c8ccc9c(c8)C(C)(C)C8CC=CC=C98)CC6C7(C)C)CC5C(C)(C)C4C3)cc2C1C. The topological polar surface area (TPSA) is 0 Å². The zero-order chi connectivity index (χ0) is 41.7. The second-order valence-corrected chi connectivity index (χ2v) is 22.1. The molecule has 0 spiro atoms. The van der Waals surface area contributed by atoms with Crippen molar-refractivity contribution in [2.45, 2.75) is 105 Å². The minimum Gasteiger partial charge on any atom is -0.0839 e. The van der Waals surface area contributed by atoms with Gasteiger partial charge >= 0.3 is 0 Å². The summed E-state index contributed by atoms with van der Waals surface area (Å²) in [7, 11) is 0. The van der Waals surface area contributed by atoms with Gasteiger partial charge in [0.15, 0.2) is 0 Å². The lowest BCUT2D eigenvalue weighted by Crippen LogP contribution is -2.28. The van der Waals surface area contributed by atoms with E-state index in [2.05, 4.69) is 183 Å². The summed E-state index contributed by atoms with van der Waals surface area (Å²) in [6.45, 7) is 20.0. The first kappa shape index (κ1) is 37.8. The molecule has 9 aliphatic rings. The normalized spacial score (nSPS) is 31.3. The highest BCUT2D eigenvalue weighted by molar-refractivity contribution is 5.83. The van der Waals surface area contributed by atoms with Crippen LogP contribution in [0.4, 0.5) is 0 Å². The highest BCUT2D eigenvalue weighted by atomic mass is 14.6. The Morgan fingerprint density at radius 2 is 1.18 bits per heavy atom. The minimum absolute atomic E-state index is 0.0951. The zero-order valence-corrected chi connectivity index (χ0v) is 37.7. The van der Waals surface area contributed by atoms with Crippen LogP contribution in [0.15, 0.2) is 161 Å². The Labute approximate surface area is 365 Å². The predicted octanol–water partition coefficient (Wildman–Crippen LogP) is 16.0. The number of hydrogen-bond donors (Lipinski definition) is 0. The number of benzene rings is 3. The molecule has 0 radical (unpaired) electrons. The van der Waals surface area contributed by atoms with Crippen LogP contribution in [0.2, 0.25) is 0 Å². The van der Waals surface area contributed by atoms with Crippen LogP contribution in [0.25, 0.3) is 27.8 Å². The van der Waals surface area contributed by atoms with Crippen molar-refractivity contribution in [3.05, 3.63) is 194 Å². The van der Waals surface area contributed by atoms with Crippen molar-refractivity contribution in [2.24, 2.45) is 40.4 Å². The predicted molar refractivity (Wildman–Crippen MR) is 258 cm³/mol. The second kappa shape index (κ2) is 13.0. The van der Waals surface area contributed by atoms with Crippen molar-refractivity contribution in [3.63, 3.8) is 0 Å². The van der Waals surface area contributed by atoms with Crippen LogP contribution in [0.5, 0.6) is 0 Å². The van der Waals surface area contributed by atoms with Gasteiger partial charge in [0.25, 0.3) is 0 Å². The molecule has 61 heavy (non-hydrogen) atoms. The van der Waals surface area contributed by atoms with E-state index >= 15 is 0 Å². The van der Waals surface area contributed by atoms with E-state index in [1.165, 1.54) is 62.1 Å². The van der Waals surface area contributed by atoms with E-state index in [1.807, 2.05) is 0 Å². The van der Waals surface area contributed by atoms with Crippen molar-refractivity contribution < 1.29 is 0 Å². The van der Waals surface area contributed by atoms with E-state index in [9.17, 15) is 0 Å². The molecule has 12 rings (SSSR count). The Hall–Kier alpha value is -4.94. The van der Waals surface area contributed by atoms with Crippen LogP contribution < -0.4 is 0 Å². The quantitative estimate of drug-likeness (QED) is 0.248. The molecule has 3 aromatic rings. The molecular formula is C61H62. The van der Waals surface area contributed by atoms with Gasteiger partial charge in [-0.1, -0.05) is 188 Å². The molecule has 0 aliphatic heterocycles. The average molecular weight is 795 g/mol. The van der Waals surface area contributed by atoms with Crippen LogP contribution in [-0.2, 0) is 5.41 Å². The molecule has 0 N–H and O–H groups in total. The molecular weight excluding hydrogens is 733 g/mol. The molecule has 0 bridgehead atoms. The summed E-state index contributed by atoms with van der Waals surface area (Å²) in [5, 5.41) is 0. The Morgan fingerprint density at radius 3 is 1.98 bits per heavy atom. The molecule has 0 aromatic heterocycles. The minimum atomic E-state index is 0.0951. The first-order chi connectivity index (χ1) is 29.3. The summed E-state index contributed by atoms with van der Waals surface area (Å²) in [4.78, 5) is 0. The molecule has 7 atom stereocenters. The van der Waals surface area contributed by atoms with E-state index in [4.69, 9.17) is 0 Å². The van der Waals surface area contributed by atoms with Crippen molar-refractivity contribution in [3.8, 4) is 11.1 Å². The van der Waals surface area contributed by atoms with Crippen LogP contribution in [0, 0.1) is 40.4 Å². The Kier molecular flexibility index (Phi) is 8.08. The van der Waals surface area contributed by atoms with Gasteiger partial charge in [-0.2, -0.15) is 0 Å². The zero-order valence-electron chi connectivity index (χ0n) is 37.7. The lowest BCUT2D eigenvalue weighted by atomic mass is 9.67. The fourth-order valence-electron chi connectivity index (χ4n) is 14.3. The maximum Gasteiger partial charge on any atom is 0.00212 e. The fraction of sp³-hybridized carbons (Fsp3) is 0.377. The van der Waals surface area contributed by atoms with Gasteiger partial charge in [0.05, 0.1) is 0 Å². The maximum atomic E-state index is 2.73. The number of hydrogen-bond acceptors (Lipinski definition) is 0. The van der Waals surface area contributed by atoms with E-state index < -0.39 is 0 Å². The van der Waals surface area contributed by atoms with E-state index in [1.54, 1.807) is 39.0 Å². The second-order valence-electron chi connectivity index (χ2n) is 22.1. The van der Waals surface area contributed by atoms with Crippen molar-refractivity contribution >= 4 is 16.7 Å². The van der Waals surface area contributed by atoms with Crippen LogP contribution in [-0.4, -0.2) is 0 Å². The van der Waals surface area contributed by atoms with Gasteiger partial charge in [-0.25, -0.2) is 0 Å². The molecule has 0 heteroatoms. The molecule has 0 heterocycles. The smallest absolute Gasteiger partial charge is 0.00212 e. The summed E-state index contributed by atoms with van der Waals surface area (Å²) < 4.78 is 0. The van der Waals surface area contributed by atoms with E-state index in [0.717, 1.165) is 25.7 Å². The van der Waals surface area contributed by atoms with Crippen molar-refractivity contribution in [1.82, 2.24) is 0 Å². The first-order valence-electron chi connectivity index (χ1n) is 23.7. The lowest BCUT2D eigenvalue weighted by Gasteiger charge is -2.37. The molecule has 9 aliphatic carbocycles. The summed E-state index contributed by atoms with van der Waals surface area (Å²) in [5.74, 6) is 3.71. The van der Waals surface area contributed by atoms with E-state index in [0.29, 0.717) is 41.4 Å². The fourth-order valence-corrected chi connectivity index (χ4v) is 14.3. The number of fused-ring (bicyclic) bond motifs is 12. The van der Waals surface area contributed by atoms with E-state index in [-0.39, 0.29) is 16.2 Å². The summed E-state index contributed by atoms with van der Waals surface area (Å²) in [5.41, 5.74) is 26.3. The molecule has 306 valence electrons. The lowest BCUT2D eigenvalue weighted by molar-refractivity contribution is 0.205. The van der Waals surface area contributed by atoms with Crippen LogP contribution >= 0.6 is 0 Å². The van der Waals surface area contributed by atoms with Gasteiger partial charge in [-0.15, -0.1) is 0 Å². The Bertz CT molecular complexity index is 2800. The molecule has 3 aromatic carbocycles. The average Bonchev–Trinajstić information content (AvgIpc) is 3.76. The molecule has 0 nitrogen and oxygen atoms in total. The molecule has 2 saturated carbocycles. The van der Waals surface area contributed by atoms with Gasteiger partial charge in [-0.3, -0.25) is 0 Å². The standard InChI is InChI=1S/C61H62/c1-35-36(2)52-29-37(17-23-45(52)44-14-10-9-13-43(35)44)38-18-25-48-49-27-21-41(33-56(49)60(5,6)55(48)30-38)42-22-28-51-50-26-20-40(32-57(50)61(7,8)58(51)34-42)39-19-24-47-46-15-11-12-16-53(46)59(3,4)54(47)31-39/h9-15,17-21,23-29,31,34-36,42,53,55-57H,16,22,30,32-33H2,1-8H3. The third-order valence-electron chi connectivity index (χ3n) is 18.4. The van der Waals surface area contributed by atoms with Gasteiger partial charge in [-0.05, 0) is 173 Å². The summed E-state index contributed by atoms with van der Waals surface area (Å²) >= 11 is 0. The van der Waals surface area contributed by atoms with Gasteiger partial charge in [0.2, 0.25) is 0 Å². The summed E-state index contributed by atoms with van der Waals surface area (Å²) in [6, 6.07) is 23.9. The highest BCUT2D eigenvalue weighted by Gasteiger charge is 2.52. The first-order valence-corrected chi connectivity index (χ1v) is 23.7. The third-order valence-corrected chi connectivity index (χ3v) is 18.4. The van der Waals surface area contributed by atoms with Gasteiger partial charge in [0, 0.05) is 5.92 Å². The van der Waals surface area contributed by atoms with Crippen molar-refractivity contribution in [2.75, 3.05) is 0 Å². The molecule has 0 saturated heterocycles. The highest BCUT2D eigenvalue weighted by Crippen LogP contribution is 2.63. The third kappa shape index (κ3) is 5.30. The monoisotopic (exact) mass is 794 g/mol. The van der Waals surface area contributed by atoms with Gasteiger partial charge < -0.3 is 0 Å². The van der Waals surface area contributed by atoms with Crippen LogP contribution in [0.3, 0.4) is 0 Å². The Balaban J connectivity index is 0.796. The molecule has 7 unspecified atom stereocenters. The largest absolute Gasteiger partial charge is 0.0839 e. The molecule has 0 amide bonds. The Morgan fingerprint density at radius 1 is 0.525 bits per heavy atom. The summed E-state index contributed by atoms with van der Waals surface area (Å²) in [6.07, 6.45) is 33.1. The van der Waals surface area contributed by atoms with Gasteiger partial charge in [0.1, 0.15) is 0 Å². The molecule has 2 fully saturated rings. The van der Waals surface area contributed by atoms with Crippen molar-refractivity contribution in [1.29, 1.82) is 0 Å². The maximum absolute atomic E-state index is 2.73. The number of allylic oxidation sites excluding steroid dienone is 20.